The number of ether oxygens (including phenoxy) is 1. The van der Waals surface area contributed by atoms with Crippen LogP contribution in [0.5, 0.6) is 0 Å². The Hall–Kier alpha value is -4.05. The van der Waals surface area contributed by atoms with E-state index in [9.17, 15) is 4.79 Å². The fourth-order valence-electron chi connectivity index (χ4n) is 2.88. The number of hydrogen-bond donors (Lipinski definition) is 2. The van der Waals surface area contributed by atoms with Crippen molar-refractivity contribution in [3.05, 3.63) is 64.9 Å². The fraction of sp³-hybridized carbons (Fsp3) is 0.100. The van der Waals surface area contributed by atoms with E-state index in [0.717, 1.165) is 0 Å². The van der Waals surface area contributed by atoms with Crippen LogP contribution < -0.4 is 5.73 Å². The Kier molecular flexibility index (Phi) is 5.46. The van der Waals surface area contributed by atoms with Gasteiger partial charge in [0.1, 0.15) is 11.5 Å². The van der Waals surface area contributed by atoms with Gasteiger partial charge in [0.25, 0.3) is 5.95 Å². The summed E-state index contributed by atoms with van der Waals surface area (Å²) in [6.07, 6.45) is 0. The van der Waals surface area contributed by atoms with Crippen LogP contribution in [0.1, 0.15) is 16.2 Å². The van der Waals surface area contributed by atoms with Crippen LogP contribution in [0.15, 0.2) is 58.8 Å². The molecule has 0 radical (unpaired) electrons. The number of carbonyl (C=O) groups excluding carboxylic acids is 1. The minimum Gasteiger partial charge on any atom is -0.465 e. The van der Waals surface area contributed by atoms with Crippen LogP contribution in [-0.4, -0.2) is 38.0 Å². The molecule has 4 rings (SSSR count). The second-order valence-electron chi connectivity index (χ2n) is 6.43. The van der Waals surface area contributed by atoms with E-state index < -0.39 is 5.97 Å². The number of methoxy groups -OCH3 is 1. The van der Waals surface area contributed by atoms with E-state index in [-0.39, 0.29) is 11.8 Å². The molecular weight excluding hydrogens is 420 g/mol. The molecule has 11 heteroatoms. The van der Waals surface area contributed by atoms with Gasteiger partial charge in [-0.25, -0.2) is 9.48 Å². The molecule has 2 aromatic carbocycles. The quantitative estimate of drug-likeness (QED) is 0.351. The Labute approximate surface area is 181 Å². The van der Waals surface area contributed by atoms with Crippen LogP contribution >= 0.6 is 11.6 Å². The van der Waals surface area contributed by atoms with Gasteiger partial charge >= 0.3 is 5.97 Å². The number of nitrogens with one attached hydrogen (secondary N) is 1. The molecule has 0 atom stereocenters. The molecular formula is C20H17ClN8O2. The minimum atomic E-state index is -0.437. The number of aromatic amines is 1. The molecule has 156 valence electrons. The average molecular weight is 437 g/mol. The highest BCUT2D eigenvalue weighted by Gasteiger charge is 2.20. The summed E-state index contributed by atoms with van der Waals surface area (Å²) in [5, 5.41) is 20.1. The van der Waals surface area contributed by atoms with E-state index in [1.54, 1.807) is 37.3 Å². The van der Waals surface area contributed by atoms with Crippen molar-refractivity contribution >= 4 is 35.0 Å². The van der Waals surface area contributed by atoms with Crippen molar-refractivity contribution in [1.29, 1.82) is 0 Å². The van der Waals surface area contributed by atoms with Gasteiger partial charge in [-0.05, 0) is 37.3 Å². The van der Waals surface area contributed by atoms with Crippen molar-refractivity contribution in [3.63, 3.8) is 0 Å². The topological polar surface area (TPSA) is 136 Å². The lowest BCUT2D eigenvalue weighted by Gasteiger charge is -2.05. The summed E-state index contributed by atoms with van der Waals surface area (Å²) >= 11 is 6.39. The van der Waals surface area contributed by atoms with E-state index in [0.29, 0.717) is 39.0 Å². The van der Waals surface area contributed by atoms with E-state index in [1.807, 2.05) is 18.2 Å². The SMILES string of the molecule is COC(=O)c1ccc(-n2nc(-c3ccccc3Cl)c(/N=N/c3n[nH]c(C)n3)c2N)cc1. The molecule has 0 aliphatic carbocycles. The Morgan fingerprint density at radius 3 is 2.55 bits per heavy atom. The zero-order valence-corrected chi connectivity index (χ0v) is 17.3. The predicted molar refractivity (Wildman–Crippen MR) is 115 cm³/mol. The van der Waals surface area contributed by atoms with Gasteiger partial charge in [-0.3, -0.25) is 5.10 Å². The molecule has 0 aliphatic heterocycles. The Morgan fingerprint density at radius 2 is 1.90 bits per heavy atom. The van der Waals surface area contributed by atoms with Crippen LogP contribution in [0.2, 0.25) is 5.02 Å². The Balaban J connectivity index is 1.83. The number of hydrogen-bond acceptors (Lipinski definition) is 8. The number of nitrogen functional groups attached to an aromatic ring is 1. The maximum Gasteiger partial charge on any atom is 0.337 e. The number of aromatic nitrogens is 5. The zero-order chi connectivity index (χ0) is 22.0. The monoisotopic (exact) mass is 436 g/mol. The molecule has 3 N–H and O–H groups in total. The summed E-state index contributed by atoms with van der Waals surface area (Å²) in [4.78, 5) is 15.8. The molecule has 0 saturated heterocycles. The lowest BCUT2D eigenvalue weighted by atomic mass is 10.1. The molecule has 0 fully saturated rings. The standard InChI is InChI=1S/C20H17ClN8O2/c1-11-23-20(26-24-11)27-25-17-16(14-5-3-4-6-15(14)21)28-29(18(17)22)13-9-7-12(8-10-13)19(30)31-2/h3-10H,22H2,1-2H3,(H,23,24,26)/b27-25+. The fourth-order valence-corrected chi connectivity index (χ4v) is 3.11. The highest BCUT2D eigenvalue weighted by atomic mass is 35.5. The molecule has 0 unspecified atom stereocenters. The molecule has 0 spiro atoms. The first kappa shape index (κ1) is 20.2. The molecule has 0 saturated carbocycles. The third-order valence-corrected chi connectivity index (χ3v) is 4.71. The van der Waals surface area contributed by atoms with Gasteiger partial charge in [-0.15, -0.1) is 15.3 Å². The maximum absolute atomic E-state index is 11.7. The molecule has 31 heavy (non-hydrogen) atoms. The van der Waals surface area contributed by atoms with Crippen LogP contribution in [0, 0.1) is 6.92 Å². The second kappa shape index (κ2) is 8.36. The van der Waals surface area contributed by atoms with Gasteiger partial charge in [0.05, 0.1) is 23.4 Å². The van der Waals surface area contributed by atoms with Crippen molar-refractivity contribution in [2.75, 3.05) is 12.8 Å². The van der Waals surface area contributed by atoms with Gasteiger partial charge in [0.2, 0.25) is 0 Å². The number of anilines is 1. The molecule has 2 aromatic heterocycles. The minimum absolute atomic E-state index is 0.164. The Morgan fingerprint density at radius 1 is 1.16 bits per heavy atom. The first-order chi connectivity index (χ1) is 15.0. The zero-order valence-electron chi connectivity index (χ0n) is 16.6. The number of H-pyrrole nitrogens is 1. The van der Waals surface area contributed by atoms with E-state index in [2.05, 4.69) is 30.5 Å². The third-order valence-electron chi connectivity index (χ3n) is 4.38. The third kappa shape index (κ3) is 4.01. The number of halogens is 1. The van der Waals surface area contributed by atoms with Gasteiger partial charge in [0.15, 0.2) is 11.5 Å². The maximum atomic E-state index is 11.7. The molecule has 2 heterocycles. The van der Waals surface area contributed by atoms with Crippen molar-refractivity contribution in [3.8, 4) is 16.9 Å². The average Bonchev–Trinajstić information content (AvgIpc) is 3.34. The normalized spacial score (nSPS) is 11.2. The molecule has 10 nitrogen and oxygen atoms in total. The van der Waals surface area contributed by atoms with E-state index in [4.69, 9.17) is 22.1 Å². The number of aryl methyl sites for hydroxylation is 1. The van der Waals surface area contributed by atoms with Gasteiger partial charge < -0.3 is 10.5 Å². The highest BCUT2D eigenvalue weighted by Crippen LogP contribution is 2.39. The summed E-state index contributed by atoms with van der Waals surface area (Å²) in [7, 11) is 1.32. The smallest absolute Gasteiger partial charge is 0.337 e. The van der Waals surface area contributed by atoms with Gasteiger partial charge in [-0.2, -0.15) is 10.1 Å². The predicted octanol–water partition coefficient (Wildman–Crippen LogP) is 4.40. The van der Waals surface area contributed by atoms with Crippen LogP contribution in [-0.2, 0) is 4.74 Å². The van der Waals surface area contributed by atoms with Crippen LogP contribution in [0.25, 0.3) is 16.9 Å². The van der Waals surface area contributed by atoms with Crippen LogP contribution in [0.4, 0.5) is 17.5 Å². The lowest BCUT2D eigenvalue weighted by Crippen LogP contribution is -2.04. The first-order valence-electron chi connectivity index (χ1n) is 9.11. The molecule has 4 aromatic rings. The first-order valence-corrected chi connectivity index (χ1v) is 9.48. The van der Waals surface area contributed by atoms with E-state index in [1.165, 1.54) is 11.8 Å². The largest absolute Gasteiger partial charge is 0.465 e. The number of azo groups is 1. The number of esters is 1. The highest BCUT2D eigenvalue weighted by molar-refractivity contribution is 6.33. The van der Waals surface area contributed by atoms with Crippen LogP contribution in [0.3, 0.4) is 0 Å². The summed E-state index contributed by atoms with van der Waals surface area (Å²) < 4.78 is 6.23. The van der Waals surface area contributed by atoms with Gasteiger partial charge in [-0.1, -0.05) is 29.8 Å². The van der Waals surface area contributed by atoms with Crippen molar-refractivity contribution < 1.29 is 9.53 Å². The number of rotatable bonds is 5. The lowest BCUT2D eigenvalue weighted by molar-refractivity contribution is 0.0600. The van der Waals surface area contributed by atoms with Crippen molar-refractivity contribution in [1.82, 2.24) is 25.0 Å². The number of nitrogens with zero attached hydrogens (tertiary/aromatic N) is 6. The van der Waals surface area contributed by atoms with Gasteiger partial charge in [0, 0.05) is 5.56 Å². The van der Waals surface area contributed by atoms with Crippen molar-refractivity contribution in [2.24, 2.45) is 10.2 Å². The number of nitrogens with two attached hydrogens (primary N) is 1. The number of carbonyl (C=O) groups is 1. The summed E-state index contributed by atoms with van der Waals surface area (Å²) in [5.41, 5.74) is 8.80. The second-order valence-corrected chi connectivity index (χ2v) is 6.84. The summed E-state index contributed by atoms with van der Waals surface area (Å²) in [5.74, 6) is 0.566. The molecule has 0 aliphatic rings. The summed E-state index contributed by atoms with van der Waals surface area (Å²) in [6, 6.07) is 13.8. The Bertz CT molecular complexity index is 1280. The van der Waals surface area contributed by atoms with Crippen molar-refractivity contribution in [2.45, 2.75) is 6.92 Å². The number of benzene rings is 2. The van der Waals surface area contributed by atoms with E-state index >= 15 is 0 Å². The molecule has 0 amide bonds. The molecule has 0 bridgehead atoms. The summed E-state index contributed by atoms with van der Waals surface area (Å²) in [6.45, 7) is 1.76.